The average molecular weight is 893 g/mol. The van der Waals surface area contributed by atoms with Crippen molar-refractivity contribution in [3.8, 4) is 5.75 Å². The molecule has 0 spiro atoms. The first-order valence-corrected chi connectivity index (χ1v) is 22.3. The maximum absolute atomic E-state index is 13.9. The SMILES string of the molecule is CCCCCCCCCCCCCCCCCC[C@H]1CC(=O)N(c2ccc(Cl)c(N=C3NN(c4c(Cl)cc(Cl)cc4Cl)C(=O)[C@H]3N=Nc3ccc(O)cc3Cl)c2)C1=O. The second kappa shape index (κ2) is 22.8. The van der Waals surface area contributed by atoms with Gasteiger partial charge in [0, 0.05) is 23.4 Å². The van der Waals surface area contributed by atoms with Crippen LogP contribution in [-0.2, 0) is 14.4 Å². The normalized spacial score (nSPS) is 17.8. The highest BCUT2D eigenvalue weighted by Crippen LogP contribution is 2.40. The van der Waals surface area contributed by atoms with E-state index in [9.17, 15) is 19.5 Å². The number of unbranched alkanes of at least 4 members (excludes halogenated alkanes) is 15. The van der Waals surface area contributed by atoms with Gasteiger partial charge in [-0.25, -0.2) is 10.0 Å². The number of hydrogen-bond acceptors (Lipinski definition) is 7. The fourth-order valence-electron chi connectivity index (χ4n) is 7.26. The number of hydrazine groups is 1. The summed E-state index contributed by atoms with van der Waals surface area (Å²) < 4.78 is 0. The maximum atomic E-state index is 13.9. The number of amides is 3. The van der Waals surface area contributed by atoms with Crippen molar-refractivity contribution >= 4 is 104 Å². The number of halogens is 5. The lowest BCUT2D eigenvalue weighted by Gasteiger charge is -2.19. The zero-order valence-corrected chi connectivity index (χ0v) is 36.6. The van der Waals surface area contributed by atoms with Gasteiger partial charge in [-0.3, -0.25) is 24.7 Å². The number of anilines is 2. The number of benzene rings is 3. The quantitative estimate of drug-likeness (QED) is 0.0590. The largest absolute Gasteiger partial charge is 0.508 e. The fourth-order valence-corrected chi connectivity index (χ4v) is 8.62. The molecule has 2 heterocycles. The first-order chi connectivity index (χ1) is 28.0. The Balaban J connectivity index is 1.19. The van der Waals surface area contributed by atoms with E-state index in [1.54, 1.807) is 6.07 Å². The molecule has 2 aliphatic rings. The third kappa shape index (κ3) is 12.6. The van der Waals surface area contributed by atoms with Gasteiger partial charge in [-0.2, -0.15) is 10.2 Å². The summed E-state index contributed by atoms with van der Waals surface area (Å²) in [5.41, 5.74) is 3.68. The van der Waals surface area contributed by atoms with Crippen LogP contribution in [0.25, 0.3) is 0 Å². The van der Waals surface area contributed by atoms with Crippen LogP contribution in [0.5, 0.6) is 5.75 Å². The second-order valence-electron chi connectivity index (χ2n) is 15.0. The van der Waals surface area contributed by atoms with Crippen LogP contribution < -0.4 is 15.3 Å². The van der Waals surface area contributed by atoms with E-state index >= 15 is 0 Å². The Bertz CT molecular complexity index is 1950. The molecule has 58 heavy (non-hydrogen) atoms. The zero-order chi connectivity index (χ0) is 41.6. The number of nitrogens with zero attached hydrogens (tertiary/aromatic N) is 5. The van der Waals surface area contributed by atoms with Crippen LogP contribution >= 0.6 is 58.0 Å². The first-order valence-electron chi connectivity index (χ1n) is 20.4. The van der Waals surface area contributed by atoms with Gasteiger partial charge in [0.1, 0.15) is 17.1 Å². The van der Waals surface area contributed by atoms with Crippen LogP contribution in [0.4, 0.5) is 22.7 Å². The first kappa shape index (κ1) is 45.7. The van der Waals surface area contributed by atoms with Crippen LogP contribution in [0.3, 0.4) is 0 Å². The van der Waals surface area contributed by atoms with Crippen molar-refractivity contribution in [3.05, 3.63) is 73.6 Å². The molecule has 3 amide bonds. The smallest absolute Gasteiger partial charge is 0.280 e. The number of phenolic OH excluding ortho intramolecular Hbond substituents is 1. The van der Waals surface area contributed by atoms with Crippen LogP contribution in [0, 0.1) is 5.92 Å². The number of aromatic hydroxyl groups is 1. The molecular formula is C43H51Cl5N6O4. The molecule has 312 valence electrons. The van der Waals surface area contributed by atoms with E-state index in [-0.39, 0.29) is 72.0 Å². The lowest BCUT2D eigenvalue weighted by molar-refractivity contribution is -0.122. The third-order valence-electron chi connectivity index (χ3n) is 10.4. The molecule has 0 bridgehead atoms. The van der Waals surface area contributed by atoms with Gasteiger partial charge in [0.25, 0.3) is 5.91 Å². The van der Waals surface area contributed by atoms with Crippen molar-refractivity contribution in [1.29, 1.82) is 0 Å². The minimum Gasteiger partial charge on any atom is -0.508 e. The topological polar surface area (TPSA) is 127 Å². The van der Waals surface area contributed by atoms with Crippen molar-refractivity contribution in [3.63, 3.8) is 0 Å². The van der Waals surface area contributed by atoms with Crippen LogP contribution in [-0.4, -0.2) is 34.7 Å². The summed E-state index contributed by atoms with van der Waals surface area (Å²) >= 11 is 31.9. The lowest BCUT2D eigenvalue weighted by Crippen LogP contribution is -2.36. The number of aliphatic imine (C=N–C) groups is 1. The van der Waals surface area contributed by atoms with Crippen molar-refractivity contribution in [2.45, 2.75) is 129 Å². The van der Waals surface area contributed by atoms with Gasteiger partial charge in [0.05, 0.1) is 31.5 Å². The molecule has 3 aromatic rings. The van der Waals surface area contributed by atoms with E-state index in [1.807, 2.05) is 0 Å². The van der Waals surface area contributed by atoms with Crippen LogP contribution in [0.1, 0.15) is 122 Å². The number of azo groups is 1. The molecule has 2 fully saturated rings. The summed E-state index contributed by atoms with van der Waals surface area (Å²) in [6, 6.07) is 10.3. The number of hydrogen-bond donors (Lipinski definition) is 2. The number of amidine groups is 1. The molecule has 2 saturated heterocycles. The molecule has 0 unspecified atom stereocenters. The molecule has 2 aliphatic heterocycles. The highest BCUT2D eigenvalue weighted by Gasteiger charge is 2.42. The van der Waals surface area contributed by atoms with Crippen molar-refractivity contribution in [1.82, 2.24) is 5.43 Å². The Morgan fingerprint density at radius 1 is 0.672 bits per heavy atom. The number of imide groups is 1. The highest BCUT2D eigenvalue weighted by molar-refractivity contribution is 6.43. The molecule has 0 saturated carbocycles. The summed E-state index contributed by atoms with van der Waals surface area (Å²) in [5.74, 6) is -1.66. The van der Waals surface area contributed by atoms with Crippen molar-refractivity contribution in [2.75, 3.05) is 9.91 Å². The Labute approximate surface area is 366 Å². The van der Waals surface area contributed by atoms with Gasteiger partial charge in [0.2, 0.25) is 17.9 Å². The van der Waals surface area contributed by atoms with Crippen molar-refractivity contribution in [2.24, 2.45) is 21.1 Å². The minimum absolute atomic E-state index is 0.00904. The van der Waals surface area contributed by atoms with Crippen LogP contribution in [0.15, 0.2) is 63.8 Å². The number of nitrogens with one attached hydrogen (secondary N) is 1. The molecule has 5 rings (SSSR count). The summed E-state index contributed by atoms with van der Waals surface area (Å²) in [6.45, 7) is 2.26. The van der Waals surface area contributed by atoms with E-state index in [1.165, 1.54) is 131 Å². The molecule has 0 aromatic heterocycles. The van der Waals surface area contributed by atoms with Crippen LogP contribution in [0.2, 0.25) is 25.1 Å². The number of rotatable bonds is 22. The van der Waals surface area contributed by atoms with Crippen molar-refractivity contribution < 1.29 is 19.5 Å². The molecule has 10 nitrogen and oxygen atoms in total. The molecule has 2 N–H and O–H groups in total. The van der Waals surface area contributed by atoms with E-state index in [0.29, 0.717) is 12.1 Å². The molecule has 2 atom stereocenters. The van der Waals surface area contributed by atoms with Gasteiger partial charge in [-0.15, -0.1) is 0 Å². The monoisotopic (exact) mass is 890 g/mol. The molecule has 3 aromatic carbocycles. The van der Waals surface area contributed by atoms with Gasteiger partial charge < -0.3 is 5.11 Å². The predicted octanol–water partition coefficient (Wildman–Crippen LogP) is 13.9. The number of carbonyl (C=O) groups is 3. The summed E-state index contributed by atoms with van der Waals surface area (Å²) in [4.78, 5) is 46.5. The second-order valence-corrected chi connectivity index (χ2v) is 17.0. The number of carbonyl (C=O) groups excluding carboxylic acids is 3. The third-order valence-corrected chi connectivity index (χ3v) is 11.8. The molecule has 15 heteroatoms. The minimum atomic E-state index is -1.36. The average Bonchev–Trinajstić information content (AvgIpc) is 3.63. The Kier molecular flexibility index (Phi) is 18.0. The fraction of sp³-hybridized carbons (Fsp3) is 0.488. The van der Waals surface area contributed by atoms with Gasteiger partial charge in [0.15, 0.2) is 5.84 Å². The van der Waals surface area contributed by atoms with Gasteiger partial charge in [-0.1, -0.05) is 168 Å². The number of phenols is 1. The maximum Gasteiger partial charge on any atom is 0.280 e. The molecule has 0 aliphatic carbocycles. The van der Waals surface area contributed by atoms with Gasteiger partial charge >= 0.3 is 0 Å². The van der Waals surface area contributed by atoms with E-state index in [4.69, 9.17) is 58.0 Å². The Hall–Kier alpha value is -3.41. The van der Waals surface area contributed by atoms with E-state index < -0.39 is 17.9 Å². The standard InChI is InChI=1S/C43H51Cl5N6O4/c1-2-3-4-5-6-7-8-9-10-11-12-13-14-15-16-17-18-28-23-38(56)53(42(28)57)30-19-21-32(45)37(26-30)49-41-39(51-50-36-22-20-31(55)27-33(36)46)43(58)54(52-41)40-34(47)24-29(44)25-35(40)48/h19-22,24-28,39,55H,2-18,23H2,1H3,(H,49,52)/t28-,39-/m0/s1. The zero-order valence-electron chi connectivity index (χ0n) is 32.8. The molecular weight excluding hydrogens is 842 g/mol. The summed E-state index contributed by atoms with van der Waals surface area (Å²) in [5, 5.41) is 20.0. The predicted molar refractivity (Wildman–Crippen MR) is 237 cm³/mol. The summed E-state index contributed by atoms with van der Waals surface area (Å²) in [6.07, 6.45) is 21.1. The van der Waals surface area contributed by atoms with E-state index in [0.717, 1.165) is 24.3 Å². The highest BCUT2D eigenvalue weighted by atomic mass is 35.5. The lowest BCUT2D eigenvalue weighted by atomic mass is 9.98. The Morgan fingerprint density at radius 2 is 1.26 bits per heavy atom. The summed E-state index contributed by atoms with van der Waals surface area (Å²) in [7, 11) is 0. The van der Waals surface area contributed by atoms with E-state index in [2.05, 4.69) is 27.6 Å². The molecule has 0 radical (unpaired) electrons. The Morgan fingerprint density at radius 3 is 1.84 bits per heavy atom. The van der Waals surface area contributed by atoms with Gasteiger partial charge in [-0.05, 0) is 48.9 Å².